The van der Waals surface area contributed by atoms with Gasteiger partial charge in [-0.1, -0.05) is 0 Å². The van der Waals surface area contributed by atoms with Gasteiger partial charge in [-0.2, -0.15) is 161 Å². The summed E-state index contributed by atoms with van der Waals surface area (Å²) in [5.74, 6) is -119. The molecule has 0 spiro atoms. The molecule has 40 heteroatoms. The van der Waals surface area contributed by atoms with Crippen LogP contribution in [0.3, 0.4) is 0 Å². The van der Waals surface area contributed by atoms with Gasteiger partial charge in [0, 0.05) is 30.4 Å². The third kappa shape index (κ3) is 10.5. The number of rotatable bonds is 22. The first kappa shape index (κ1) is 64.6. The van der Waals surface area contributed by atoms with E-state index in [4.69, 9.17) is 23.2 Å². The molecule has 0 heterocycles. The van der Waals surface area contributed by atoms with Crippen LogP contribution in [0.5, 0.6) is 0 Å². The van der Waals surface area contributed by atoms with Crippen molar-refractivity contribution in [1.29, 1.82) is 0 Å². The molecule has 0 saturated heterocycles. The molecule has 388 valence electrons. The molecule has 0 rings (SSSR count). The summed E-state index contributed by atoms with van der Waals surface area (Å²) in [7, 11) is -4.86. The fraction of sp³-hybridized carbons (Fsp3) is 1.00. The molecule has 0 aliphatic rings. The molecule has 64 heavy (non-hydrogen) atoms. The number of alkyl halides is 36. The van der Waals surface area contributed by atoms with Crippen LogP contribution in [-0.2, 0) is 9.84 Å². The molecule has 0 unspecified atom stereocenters. The van der Waals surface area contributed by atoms with Crippen LogP contribution in [0.2, 0.25) is 0 Å². The van der Waals surface area contributed by atoms with Crippen LogP contribution in [0.15, 0.2) is 0 Å². The lowest BCUT2D eigenvalue weighted by atomic mass is 9.88. The van der Waals surface area contributed by atoms with E-state index in [1.165, 1.54) is 0 Å². The molecule has 0 aromatic heterocycles. The largest absolute Gasteiger partial charge is 0.460 e. The maximum absolute atomic E-state index is 13.5. The topological polar surface area (TPSA) is 34.1 Å². The van der Waals surface area contributed by atoms with Crippen LogP contribution in [0, 0.1) is 0 Å². The number of hydrogen-bond acceptors (Lipinski definition) is 3. The summed E-state index contributed by atoms with van der Waals surface area (Å²) in [6, 6.07) is 0. The summed E-state index contributed by atoms with van der Waals surface area (Å²) in [5, 5.41) is 0. The highest BCUT2D eigenvalue weighted by atomic mass is 35.5. The summed E-state index contributed by atoms with van der Waals surface area (Å²) in [6.07, 6.45) is -21.0. The molecule has 0 aromatic carbocycles. The zero-order chi connectivity index (χ0) is 52.9. The van der Waals surface area contributed by atoms with Crippen molar-refractivity contribution in [2.24, 2.45) is 0 Å². The van der Waals surface area contributed by atoms with Gasteiger partial charge in [-0.3, -0.25) is 0 Å². The van der Waals surface area contributed by atoms with E-state index in [2.05, 4.69) is 0 Å². The van der Waals surface area contributed by atoms with E-state index in [0.717, 1.165) is 0 Å². The zero-order valence-corrected chi connectivity index (χ0v) is 32.0. The van der Waals surface area contributed by atoms with Crippen molar-refractivity contribution in [2.45, 2.75) is 108 Å². The van der Waals surface area contributed by atoms with Gasteiger partial charge in [0.1, 0.15) is 0 Å². The molecule has 0 amide bonds. The highest BCUT2D eigenvalue weighted by Gasteiger charge is 2.96. The zero-order valence-electron chi connectivity index (χ0n) is 28.9. The standard InChI is InChI=1S/C12H8ClF17O2S.C12H8ClF17S/c13-2-4-33(31,32)3-1-5(14,15)6(16,17)7(18,19)8(20,21)9(22,23)10(24,25)11(26,27)12(28,29)30;13-2-4-31-3-1-5(14,15)6(16,17)7(18,19)8(20,21)9(22,23)10(24,25)11(26,27)12(28,29)30/h1-4H2;1-4H2. The SMILES string of the molecule is FC(F)(F)C(F)(F)C(F)(F)C(F)(F)C(F)(F)C(F)(F)C(F)(F)C(F)(F)CCSCCCl.O=S(=O)(CCCl)CCC(F)(F)C(F)(F)C(F)(F)C(F)(F)C(F)(F)C(F)(F)C(F)(F)C(F)(F)F. The van der Waals surface area contributed by atoms with E-state index in [-0.39, 0.29) is 23.4 Å². The molecule has 0 aliphatic carbocycles. The summed E-state index contributed by atoms with van der Waals surface area (Å²) >= 11 is 10.2. The van der Waals surface area contributed by atoms with Crippen molar-refractivity contribution >= 4 is 44.8 Å². The Kier molecular flexibility index (Phi) is 18.9. The summed E-state index contributed by atoms with van der Waals surface area (Å²) in [6.45, 7) is 0. The smallest absolute Gasteiger partial charge is 0.229 e. The Bertz CT molecular complexity index is 1650. The average Bonchev–Trinajstić information content (AvgIpc) is 3.07. The lowest BCUT2D eigenvalue weighted by Gasteiger charge is -2.42. The molecule has 0 aliphatic heterocycles. The second-order valence-electron chi connectivity index (χ2n) is 11.9. The summed E-state index contributed by atoms with van der Waals surface area (Å²) in [5.41, 5.74) is 0. The lowest BCUT2D eigenvalue weighted by Crippen LogP contribution is -2.74. The molecule has 0 radical (unpaired) electrons. The van der Waals surface area contributed by atoms with Crippen molar-refractivity contribution < 1.29 is 158 Å². The Morgan fingerprint density at radius 3 is 0.766 bits per heavy atom. The quantitative estimate of drug-likeness (QED) is 0.0615. The summed E-state index contributed by atoms with van der Waals surface area (Å²) < 4.78 is 464. The molecular formula is C24H16Cl2F34O2S2. The van der Waals surface area contributed by atoms with Crippen molar-refractivity contribution in [3.63, 3.8) is 0 Å². The van der Waals surface area contributed by atoms with Gasteiger partial charge in [-0.25, -0.2) is 8.42 Å². The van der Waals surface area contributed by atoms with Crippen LogP contribution in [-0.4, -0.2) is 138 Å². The first-order valence-electron chi connectivity index (χ1n) is 14.7. The van der Waals surface area contributed by atoms with Crippen molar-refractivity contribution in [3.8, 4) is 0 Å². The molecule has 0 saturated carbocycles. The lowest BCUT2D eigenvalue weighted by molar-refractivity contribution is -0.461. The van der Waals surface area contributed by atoms with Gasteiger partial charge in [0.25, 0.3) is 0 Å². The molecule has 0 bridgehead atoms. The monoisotopic (exact) mass is 1120 g/mol. The van der Waals surface area contributed by atoms with E-state index in [1.54, 1.807) is 0 Å². The normalized spacial score (nSPS) is 16.2. The van der Waals surface area contributed by atoms with Crippen LogP contribution in [0.1, 0.15) is 12.8 Å². The van der Waals surface area contributed by atoms with Gasteiger partial charge < -0.3 is 0 Å². The molecule has 0 N–H and O–H groups in total. The van der Waals surface area contributed by atoms with E-state index in [9.17, 15) is 158 Å². The van der Waals surface area contributed by atoms with Gasteiger partial charge in [-0.15, -0.1) is 23.2 Å². The Morgan fingerprint density at radius 2 is 0.531 bits per heavy atom. The molecule has 0 aromatic rings. The van der Waals surface area contributed by atoms with Crippen LogP contribution in [0.4, 0.5) is 149 Å². The number of sulfone groups is 1. The van der Waals surface area contributed by atoms with Gasteiger partial charge in [0.15, 0.2) is 9.84 Å². The van der Waals surface area contributed by atoms with Gasteiger partial charge >= 0.3 is 95.3 Å². The van der Waals surface area contributed by atoms with Gasteiger partial charge in [-0.05, 0) is 5.75 Å². The maximum Gasteiger partial charge on any atom is 0.460 e. The number of thioether (sulfide) groups is 1. The van der Waals surface area contributed by atoms with Crippen molar-refractivity contribution in [1.82, 2.24) is 0 Å². The fourth-order valence-corrected chi connectivity index (χ4v) is 6.32. The predicted molar refractivity (Wildman–Crippen MR) is 148 cm³/mol. The molecule has 0 fully saturated rings. The Balaban J connectivity index is 0. The molecule has 2 nitrogen and oxygen atoms in total. The fourth-order valence-electron chi connectivity index (χ4n) is 3.57. The first-order chi connectivity index (χ1) is 27.3. The third-order valence-electron chi connectivity index (χ3n) is 7.47. The van der Waals surface area contributed by atoms with Crippen LogP contribution < -0.4 is 0 Å². The van der Waals surface area contributed by atoms with Crippen molar-refractivity contribution in [2.75, 3.05) is 34.8 Å². The second kappa shape index (κ2) is 18.8. The molecule has 0 atom stereocenters. The van der Waals surface area contributed by atoms with E-state index < -0.39 is 141 Å². The van der Waals surface area contributed by atoms with Crippen LogP contribution in [0.25, 0.3) is 0 Å². The van der Waals surface area contributed by atoms with E-state index >= 15 is 0 Å². The van der Waals surface area contributed by atoms with Crippen LogP contribution >= 0.6 is 35.0 Å². The average molecular weight is 1120 g/mol. The summed E-state index contributed by atoms with van der Waals surface area (Å²) in [4.78, 5) is 0. The minimum Gasteiger partial charge on any atom is -0.229 e. The number of hydrogen-bond donors (Lipinski definition) is 0. The third-order valence-corrected chi connectivity index (χ3v) is 10.9. The predicted octanol–water partition coefficient (Wildman–Crippen LogP) is 13.4. The Hall–Kier alpha value is -1.50. The number of halogens is 36. The highest BCUT2D eigenvalue weighted by molar-refractivity contribution is 7.99. The minimum absolute atomic E-state index is 0.260. The first-order valence-corrected chi connectivity index (χ1v) is 18.7. The van der Waals surface area contributed by atoms with Gasteiger partial charge in [0.2, 0.25) is 0 Å². The Labute approximate surface area is 345 Å². The second-order valence-corrected chi connectivity index (χ2v) is 16.2. The van der Waals surface area contributed by atoms with E-state index in [0.29, 0.717) is 0 Å². The van der Waals surface area contributed by atoms with E-state index in [1.807, 2.05) is 0 Å². The minimum atomic E-state index is -8.72. The maximum atomic E-state index is 13.5. The Morgan fingerprint density at radius 1 is 0.297 bits per heavy atom. The highest BCUT2D eigenvalue weighted by Crippen LogP contribution is 2.66. The van der Waals surface area contributed by atoms with Crippen molar-refractivity contribution in [3.05, 3.63) is 0 Å². The molecular weight excluding hydrogens is 1100 g/mol. The van der Waals surface area contributed by atoms with Gasteiger partial charge in [0.05, 0.1) is 11.5 Å².